The molecule has 7 heteroatoms. The maximum Gasteiger partial charge on any atom is 0.217 e. The van der Waals surface area contributed by atoms with Gasteiger partial charge in [-0.3, -0.25) is 4.57 Å². The molecule has 1 aromatic heterocycles. The first-order valence-corrected chi connectivity index (χ1v) is 13.6. The predicted molar refractivity (Wildman–Crippen MR) is 144 cm³/mol. The number of thiazole rings is 1. The number of aryl methyl sites for hydroxylation is 1. The Kier molecular flexibility index (Phi) is 7.52. The Morgan fingerprint density at radius 3 is 1.76 bits per heavy atom. The van der Waals surface area contributed by atoms with Gasteiger partial charge in [-0.15, -0.1) is 11.3 Å². The second kappa shape index (κ2) is 10.5. The van der Waals surface area contributed by atoms with Gasteiger partial charge in [0.25, 0.3) is 0 Å². The molecule has 33 heavy (non-hydrogen) atoms. The first kappa shape index (κ1) is 23.5. The Balaban J connectivity index is 1.74. The number of anilines is 1. The molecule has 0 aliphatic heterocycles. The molecule has 0 bridgehead atoms. The number of halogens is 2. The minimum absolute atomic E-state index is 0.372. The van der Waals surface area contributed by atoms with E-state index in [1.54, 1.807) is 0 Å². The molecule has 3 aromatic carbocycles. The number of hydrogen-bond acceptors (Lipinski definition) is 3. The molecular weight excluding hydrogens is 490 g/mol. The maximum absolute atomic E-state index is 14.1. The maximum atomic E-state index is 14.1. The van der Waals surface area contributed by atoms with E-state index in [1.807, 2.05) is 97.9 Å². The van der Waals surface area contributed by atoms with Crippen LogP contribution in [0.1, 0.15) is 16.0 Å². The zero-order chi connectivity index (χ0) is 23.3. The number of benzene rings is 3. The van der Waals surface area contributed by atoms with Gasteiger partial charge in [0, 0.05) is 22.1 Å². The van der Waals surface area contributed by atoms with E-state index in [4.69, 9.17) is 28.2 Å². The van der Waals surface area contributed by atoms with Crippen LogP contribution in [0, 0.1) is 6.92 Å². The Hall–Kier alpha value is -2.62. The normalized spacial score (nSPS) is 14.0. The van der Waals surface area contributed by atoms with E-state index in [-0.39, 0.29) is 0 Å². The second-order valence-electron chi connectivity index (χ2n) is 7.30. The average molecular weight is 511 g/mol. The molecule has 0 unspecified atom stereocenters. The highest BCUT2D eigenvalue weighted by Gasteiger charge is 2.22. The summed E-state index contributed by atoms with van der Waals surface area (Å²) in [7, 11) is -3.37. The van der Waals surface area contributed by atoms with Gasteiger partial charge in [-0.25, -0.2) is 4.98 Å². The SMILES string of the molecule is Cc1sc(NP(=O)(C=C(Cl)c2ccccc2)C=C(Cl)c2ccccc2)nc1-c1ccccc1. The molecule has 0 fully saturated rings. The summed E-state index contributed by atoms with van der Waals surface area (Å²) in [4.78, 5) is 5.74. The van der Waals surface area contributed by atoms with Gasteiger partial charge in [0.1, 0.15) is 0 Å². The third-order valence-corrected chi connectivity index (χ3v) is 8.66. The molecule has 0 atom stereocenters. The largest absolute Gasteiger partial charge is 0.306 e. The number of nitrogens with zero attached hydrogens (tertiary/aromatic N) is 1. The van der Waals surface area contributed by atoms with E-state index >= 15 is 0 Å². The highest BCUT2D eigenvalue weighted by molar-refractivity contribution is 7.72. The molecule has 4 aromatic rings. The summed E-state index contributed by atoms with van der Waals surface area (Å²) in [6, 6.07) is 28.7. The van der Waals surface area contributed by atoms with Gasteiger partial charge in [0.05, 0.1) is 15.8 Å². The summed E-state index contributed by atoms with van der Waals surface area (Å²) in [5.74, 6) is 3.07. The Bertz CT molecular complexity index is 1280. The Morgan fingerprint density at radius 2 is 1.27 bits per heavy atom. The lowest BCUT2D eigenvalue weighted by atomic mass is 10.1. The zero-order valence-corrected chi connectivity index (χ0v) is 21.0. The van der Waals surface area contributed by atoms with Crippen LogP contribution in [0.5, 0.6) is 0 Å². The van der Waals surface area contributed by atoms with Crippen LogP contribution in [0.25, 0.3) is 21.3 Å². The molecule has 0 spiro atoms. The van der Waals surface area contributed by atoms with Crippen molar-refractivity contribution in [1.82, 2.24) is 4.98 Å². The quantitative estimate of drug-likeness (QED) is 0.252. The molecule has 166 valence electrons. The number of hydrogen-bond donors (Lipinski definition) is 1. The van der Waals surface area contributed by atoms with Crippen LogP contribution in [0.2, 0.25) is 0 Å². The van der Waals surface area contributed by atoms with Crippen molar-refractivity contribution in [3.05, 3.63) is 119 Å². The lowest BCUT2D eigenvalue weighted by molar-refractivity contribution is 0.589. The lowest BCUT2D eigenvalue weighted by Crippen LogP contribution is -1.94. The van der Waals surface area contributed by atoms with Crippen LogP contribution in [-0.2, 0) is 4.57 Å². The smallest absolute Gasteiger partial charge is 0.217 e. The molecule has 0 aliphatic carbocycles. The van der Waals surface area contributed by atoms with Gasteiger partial charge in [0.15, 0.2) is 5.13 Å². The summed E-state index contributed by atoms with van der Waals surface area (Å²) in [6.45, 7) is 2.00. The van der Waals surface area contributed by atoms with Crippen LogP contribution >= 0.6 is 41.8 Å². The van der Waals surface area contributed by atoms with Crippen LogP contribution in [0.3, 0.4) is 0 Å². The monoisotopic (exact) mass is 510 g/mol. The molecule has 1 N–H and O–H groups in total. The van der Waals surface area contributed by atoms with Gasteiger partial charge >= 0.3 is 0 Å². The predicted octanol–water partition coefficient (Wildman–Crippen LogP) is 9.28. The van der Waals surface area contributed by atoms with E-state index in [0.717, 1.165) is 27.3 Å². The Morgan fingerprint density at radius 1 is 0.818 bits per heavy atom. The van der Waals surface area contributed by atoms with Gasteiger partial charge in [-0.05, 0) is 18.1 Å². The minimum atomic E-state index is -3.37. The van der Waals surface area contributed by atoms with Crippen molar-refractivity contribution in [2.75, 3.05) is 5.09 Å². The van der Waals surface area contributed by atoms with Gasteiger partial charge < -0.3 is 5.09 Å². The zero-order valence-electron chi connectivity index (χ0n) is 17.8. The van der Waals surface area contributed by atoms with E-state index in [9.17, 15) is 4.57 Å². The lowest BCUT2D eigenvalue weighted by Gasteiger charge is -2.13. The fraction of sp³-hybridized carbons (Fsp3) is 0.0385. The fourth-order valence-corrected chi connectivity index (χ4v) is 7.18. The van der Waals surface area contributed by atoms with Crippen molar-refractivity contribution in [3.63, 3.8) is 0 Å². The van der Waals surface area contributed by atoms with Crippen molar-refractivity contribution < 1.29 is 4.57 Å². The van der Waals surface area contributed by atoms with Gasteiger partial charge in [0.2, 0.25) is 7.29 Å². The summed E-state index contributed by atoms with van der Waals surface area (Å²) in [5.41, 5.74) is 3.40. The number of nitrogens with one attached hydrogen (secondary N) is 1. The van der Waals surface area contributed by atoms with Gasteiger partial charge in [-0.2, -0.15) is 0 Å². The highest BCUT2D eigenvalue weighted by atomic mass is 35.5. The summed E-state index contributed by atoms with van der Waals surface area (Å²) in [6.07, 6.45) is 0. The Labute approximate surface area is 207 Å². The molecule has 4 rings (SSSR count). The first-order valence-electron chi connectivity index (χ1n) is 10.2. The molecule has 0 saturated carbocycles. The van der Waals surface area contributed by atoms with Crippen LogP contribution in [0.15, 0.2) is 103 Å². The molecule has 0 radical (unpaired) electrons. The molecule has 0 amide bonds. The standard InChI is InChI=1S/C26H21Cl2N2OPS/c1-19-25(22-15-9-4-10-16-22)29-26(33-19)30-32(31,17-23(27)20-11-5-2-6-12-20)18-24(28)21-13-7-3-8-14-21/h2-18H,1H3,(H,29,30,31). The number of rotatable bonds is 7. The van der Waals surface area contributed by atoms with Crippen LogP contribution in [-0.4, -0.2) is 4.98 Å². The summed E-state index contributed by atoms with van der Waals surface area (Å²) in [5, 5.41) is 4.41. The van der Waals surface area contributed by atoms with Crippen molar-refractivity contribution in [2.24, 2.45) is 0 Å². The third kappa shape index (κ3) is 6.04. The molecule has 3 nitrogen and oxygen atoms in total. The van der Waals surface area contributed by atoms with Crippen molar-refractivity contribution in [2.45, 2.75) is 6.92 Å². The van der Waals surface area contributed by atoms with E-state index < -0.39 is 7.29 Å². The second-order valence-corrected chi connectivity index (χ2v) is 11.5. The van der Waals surface area contributed by atoms with E-state index in [2.05, 4.69) is 5.09 Å². The van der Waals surface area contributed by atoms with Crippen LogP contribution < -0.4 is 5.09 Å². The third-order valence-electron chi connectivity index (χ3n) is 4.82. The summed E-state index contributed by atoms with van der Waals surface area (Å²) < 4.78 is 14.1. The molecule has 1 heterocycles. The highest BCUT2D eigenvalue weighted by Crippen LogP contribution is 2.54. The van der Waals surface area contributed by atoms with E-state index in [0.29, 0.717) is 15.2 Å². The van der Waals surface area contributed by atoms with Crippen LogP contribution in [0.4, 0.5) is 5.13 Å². The van der Waals surface area contributed by atoms with Crippen molar-refractivity contribution in [1.29, 1.82) is 0 Å². The minimum Gasteiger partial charge on any atom is -0.306 e. The van der Waals surface area contributed by atoms with Gasteiger partial charge in [-0.1, -0.05) is 114 Å². The fourth-order valence-electron chi connectivity index (χ4n) is 3.24. The molecular formula is C26H21Cl2N2OPS. The molecule has 0 saturated heterocycles. The van der Waals surface area contributed by atoms with E-state index in [1.165, 1.54) is 23.0 Å². The van der Waals surface area contributed by atoms with Crippen molar-refractivity contribution >= 4 is 57.0 Å². The topological polar surface area (TPSA) is 42.0 Å². The first-order chi connectivity index (χ1) is 15.9. The van der Waals surface area contributed by atoms with Crippen molar-refractivity contribution in [3.8, 4) is 11.3 Å². The molecule has 0 aliphatic rings. The number of aromatic nitrogens is 1. The average Bonchev–Trinajstić information content (AvgIpc) is 3.19. The summed E-state index contributed by atoms with van der Waals surface area (Å²) >= 11 is 14.6.